The molecule has 3 aromatic rings. The molecule has 0 unspecified atom stereocenters. The number of fused-ring (bicyclic) bond motifs is 1. The highest BCUT2D eigenvalue weighted by molar-refractivity contribution is 5.89. The number of aromatic nitrogens is 3. The molecule has 0 atom stereocenters. The summed E-state index contributed by atoms with van der Waals surface area (Å²) >= 11 is 0. The predicted octanol–water partition coefficient (Wildman–Crippen LogP) is 4.82. The minimum atomic E-state index is -4.63. The van der Waals surface area contributed by atoms with Gasteiger partial charge in [-0.25, -0.2) is 9.97 Å². The highest BCUT2D eigenvalue weighted by Gasteiger charge is 2.35. The van der Waals surface area contributed by atoms with E-state index in [-0.39, 0.29) is 17.6 Å². The third-order valence-corrected chi connectivity index (χ3v) is 3.36. The number of rotatable bonds is 4. The summed E-state index contributed by atoms with van der Waals surface area (Å²) in [5.41, 5.74) is 1.44. The largest absolute Gasteiger partial charge is 0.491 e. The highest BCUT2D eigenvalue weighted by Crippen LogP contribution is 2.32. The minimum Gasteiger partial charge on any atom is -0.491 e. The Kier molecular flexibility index (Phi) is 4.28. The van der Waals surface area contributed by atoms with Crippen LogP contribution in [0, 0.1) is 6.92 Å². The topological polar surface area (TPSA) is 62.8 Å². The zero-order valence-corrected chi connectivity index (χ0v) is 13.9. The van der Waals surface area contributed by atoms with Gasteiger partial charge in [0.2, 0.25) is 5.82 Å². The van der Waals surface area contributed by atoms with Crippen LogP contribution in [-0.4, -0.2) is 21.1 Å². The lowest BCUT2D eigenvalue weighted by Crippen LogP contribution is -2.12. The summed E-state index contributed by atoms with van der Waals surface area (Å²) in [6.45, 7) is 5.57. The molecular formula is C17H17F3N4O. The molecule has 0 spiro atoms. The lowest BCUT2D eigenvalue weighted by atomic mass is 10.2. The number of hydrogen-bond acceptors (Lipinski definition) is 4. The summed E-state index contributed by atoms with van der Waals surface area (Å²) in [5.74, 6) is -0.412. The van der Waals surface area contributed by atoms with Crippen molar-refractivity contribution in [1.82, 2.24) is 15.0 Å². The molecule has 2 N–H and O–H groups in total. The maximum Gasteiger partial charge on any atom is 0.451 e. The highest BCUT2D eigenvalue weighted by atomic mass is 19.4. The summed E-state index contributed by atoms with van der Waals surface area (Å²) in [6.07, 6.45) is -4.59. The molecule has 0 radical (unpaired) electrons. The van der Waals surface area contributed by atoms with E-state index in [0.717, 1.165) is 0 Å². The molecular weight excluding hydrogens is 333 g/mol. The second kappa shape index (κ2) is 6.27. The predicted molar refractivity (Wildman–Crippen MR) is 89.1 cm³/mol. The van der Waals surface area contributed by atoms with Gasteiger partial charge in [0.1, 0.15) is 17.2 Å². The fraction of sp³-hybridized carbons (Fsp3) is 0.294. The van der Waals surface area contributed by atoms with Gasteiger partial charge in [0.05, 0.1) is 11.5 Å². The third-order valence-electron chi connectivity index (χ3n) is 3.36. The Morgan fingerprint density at radius 2 is 1.80 bits per heavy atom. The van der Waals surface area contributed by atoms with Crippen LogP contribution in [0.4, 0.5) is 24.7 Å². The van der Waals surface area contributed by atoms with Crippen LogP contribution in [0.15, 0.2) is 30.3 Å². The van der Waals surface area contributed by atoms with Gasteiger partial charge in [-0.05, 0) is 51.1 Å². The van der Waals surface area contributed by atoms with Gasteiger partial charge in [0.25, 0.3) is 0 Å². The van der Waals surface area contributed by atoms with E-state index in [4.69, 9.17) is 4.74 Å². The molecule has 0 saturated heterocycles. The Morgan fingerprint density at radius 1 is 1.12 bits per heavy atom. The fourth-order valence-corrected chi connectivity index (χ4v) is 2.39. The molecule has 0 aliphatic rings. The van der Waals surface area contributed by atoms with E-state index < -0.39 is 12.0 Å². The summed E-state index contributed by atoms with van der Waals surface area (Å²) < 4.78 is 44.6. The number of aryl methyl sites for hydroxylation is 1. The molecule has 5 nitrogen and oxygen atoms in total. The number of benzene rings is 1. The van der Waals surface area contributed by atoms with Crippen LogP contribution in [0.25, 0.3) is 11.0 Å². The van der Waals surface area contributed by atoms with Crippen LogP contribution < -0.4 is 10.1 Å². The van der Waals surface area contributed by atoms with Crippen molar-refractivity contribution in [2.24, 2.45) is 0 Å². The zero-order valence-electron chi connectivity index (χ0n) is 13.9. The van der Waals surface area contributed by atoms with Crippen LogP contribution in [-0.2, 0) is 6.18 Å². The maximum absolute atomic E-state index is 13.0. The summed E-state index contributed by atoms with van der Waals surface area (Å²) in [6, 6.07) is 8.63. The third kappa shape index (κ3) is 3.84. The number of anilines is 2. The van der Waals surface area contributed by atoms with E-state index in [9.17, 15) is 13.2 Å². The number of H-pyrrole nitrogens is 1. The van der Waals surface area contributed by atoms with Gasteiger partial charge in [-0.2, -0.15) is 13.2 Å². The number of ether oxygens (including phenoxy) is 1. The van der Waals surface area contributed by atoms with Crippen molar-refractivity contribution in [2.45, 2.75) is 33.1 Å². The van der Waals surface area contributed by atoms with E-state index in [0.29, 0.717) is 22.5 Å². The molecule has 3 rings (SSSR count). The first-order valence-electron chi connectivity index (χ1n) is 7.70. The first-order valence-corrected chi connectivity index (χ1v) is 7.70. The smallest absolute Gasteiger partial charge is 0.451 e. The molecule has 0 amide bonds. The Balaban J connectivity index is 1.97. The van der Waals surface area contributed by atoms with Gasteiger partial charge in [0, 0.05) is 11.4 Å². The van der Waals surface area contributed by atoms with Gasteiger partial charge in [-0.15, -0.1) is 0 Å². The van der Waals surface area contributed by atoms with Crippen molar-refractivity contribution >= 4 is 22.5 Å². The molecule has 0 saturated carbocycles. The van der Waals surface area contributed by atoms with Gasteiger partial charge in [-0.3, -0.25) is 0 Å². The van der Waals surface area contributed by atoms with Gasteiger partial charge < -0.3 is 15.0 Å². The molecule has 132 valence electrons. The Morgan fingerprint density at radius 3 is 2.40 bits per heavy atom. The van der Waals surface area contributed by atoms with Gasteiger partial charge in [0.15, 0.2) is 0 Å². The van der Waals surface area contributed by atoms with E-state index in [1.165, 1.54) is 0 Å². The SMILES string of the molecule is Cc1cc2c(Nc3ccc(OC(C)C)cc3)nc(C(F)(F)F)nc2[nH]1. The number of nitrogens with one attached hydrogen (secondary N) is 2. The van der Waals surface area contributed by atoms with Crippen molar-refractivity contribution in [2.75, 3.05) is 5.32 Å². The van der Waals surface area contributed by atoms with Gasteiger partial charge in [-0.1, -0.05) is 0 Å². The van der Waals surface area contributed by atoms with Crippen molar-refractivity contribution in [3.05, 3.63) is 41.9 Å². The van der Waals surface area contributed by atoms with Crippen LogP contribution in [0.3, 0.4) is 0 Å². The maximum atomic E-state index is 13.0. The fourth-order valence-electron chi connectivity index (χ4n) is 2.39. The normalized spacial score (nSPS) is 12.0. The molecule has 0 bridgehead atoms. The lowest BCUT2D eigenvalue weighted by Gasteiger charge is -2.12. The lowest BCUT2D eigenvalue weighted by molar-refractivity contribution is -0.144. The molecule has 0 fully saturated rings. The number of hydrogen-bond donors (Lipinski definition) is 2. The Hall–Kier alpha value is -2.77. The van der Waals surface area contributed by atoms with Crippen molar-refractivity contribution in [3.8, 4) is 5.75 Å². The quantitative estimate of drug-likeness (QED) is 0.708. The number of halogens is 3. The molecule has 0 aliphatic heterocycles. The van der Waals surface area contributed by atoms with E-state index in [1.54, 1.807) is 37.3 Å². The molecule has 0 aliphatic carbocycles. The van der Waals surface area contributed by atoms with Crippen molar-refractivity contribution in [1.29, 1.82) is 0 Å². The standard InChI is InChI=1S/C17H17F3N4O/c1-9(2)25-12-6-4-11(5-7-12)22-15-13-8-10(3)21-14(13)23-16(24-15)17(18,19)20/h4-9H,1-3H3,(H2,21,22,23,24). The van der Waals surface area contributed by atoms with Crippen molar-refractivity contribution < 1.29 is 17.9 Å². The van der Waals surface area contributed by atoms with E-state index in [1.807, 2.05) is 13.8 Å². The first kappa shape index (κ1) is 17.1. The second-order valence-electron chi connectivity index (χ2n) is 5.92. The number of aromatic amines is 1. The zero-order chi connectivity index (χ0) is 18.2. The minimum absolute atomic E-state index is 0.0393. The van der Waals surface area contributed by atoms with Crippen LogP contribution in [0.2, 0.25) is 0 Å². The molecule has 1 aromatic carbocycles. The van der Waals surface area contributed by atoms with Crippen molar-refractivity contribution in [3.63, 3.8) is 0 Å². The van der Waals surface area contributed by atoms with Gasteiger partial charge >= 0.3 is 6.18 Å². The van der Waals surface area contributed by atoms with Crippen LogP contribution in [0.1, 0.15) is 25.4 Å². The van der Waals surface area contributed by atoms with E-state index >= 15 is 0 Å². The number of alkyl halides is 3. The summed E-state index contributed by atoms with van der Waals surface area (Å²) in [4.78, 5) is 10.0. The first-order chi connectivity index (χ1) is 11.7. The van der Waals surface area contributed by atoms with Crippen LogP contribution >= 0.6 is 0 Å². The van der Waals surface area contributed by atoms with E-state index in [2.05, 4.69) is 20.3 Å². The molecule has 25 heavy (non-hydrogen) atoms. The average Bonchev–Trinajstić information content (AvgIpc) is 2.88. The van der Waals surface area contributed by atoms with Crippen LogP contribution in [0.5, 0.6) is 5.75 Å². The number of nitrogens with zero attached hydrogens (tertiary/aromatic N) is 2. The molecule has 8 heteroatoms. The summed E-state index contributed by atoms with van der Waals surface area (Å²) in [5, 5.41) is 3.42. The summed E-state index contributed by atoms with van der Waals surface area (Å²) in [7, 11) is 0. The molecule has 2 heterocycles. The Bertz CT molecular complexity index is 885. The Labute approximate surface area is 142 Å². The monoisotopic (exact) mass is 350 g/mol. The molecule has 2 aromatic heterocycles. The average molecular weight is 350 g/mol. The second-order valence-corrected chi connectivity index (χ2v) is 5.92.